The first-order valence-corrected chi connectivity index (χ1v) is 5.09. The second-order valence-corrected chi connectivity index (χ2v) is 4.06. The summed E-state index contributed by atoms with van der Waals surface area (Å²) in [4.78, 5) is 0. The van der Waals surface area contributed by atoms with Crippen LogP contribution in [-0.4, -0.2) is 6.54 Å². The average molecular weight is 230 g/mol. The number of rotatable bonds is 4. The van der Waals surface area contributed by atoms with Crippen LogP contribution in [0.15, 0.2) is 21.2 Å². The average Bonchev–Trinajstić information content (AvgIpc) is 2.76. The highest BCUT2D eigenvalue weighted by Crippen LogP contribution is 2.27. The summed E-state index contributed by atoms with van der Waals surface area (Å²) in [5.41, 5.74) is 0. The van der Waals surface area contributed by atoms with Crippen LogP contribution in [0.5, 0.6) is 0 Å². The monoisotopic (exact) mass is 229 g/mol. The Labute approximate surface area is 80.5 Å². The molecule has 1 aliphatic carbocycles. The molecule has 0 saturated heterocycles. The van der Waals surface area contributed by atoms with Crippen LogP contribution in [-0.2, 0) is 6.54 Å². The number of furan rings is 1. The maximum absolute atomic E-state index is 5.34. The largest absolute Gasteiger partial charge is 0.453 e. The molecular weight excluding hydrogens is 218 g/mol. The van der Waals surface area contributed by atoms with E-state index in [9.17, 15) is 0 Å². The maximum atomic E-state index is 5.34. The summed E-state index contributed by atoms with van der Waals surface area (Å²) >= 11 is 3.27. The molecule has 0 amide bonds. The fraction of sp³-hybridized carbons (Fsp3) is 0.556. The topological polar surface area (TPSA) is 25.2 Å². The van der Waals surface area contributed by atoms with Crippen molar-refractivity contribution < 1.29 is 4.42 Å². The molecule has 1 fully saturated rings. The van der Waals surface area contributed by atoms with E-state index in [1.54, 1.807) is 0 Å². The second kappa shape index (κ2) is 3.62. The van der Waals surface area contributed by atoms with Crippen molar-refractivity contribution in [2.75, 3.05) is 6.54 Å². The van der Waals surface area contributed by atoms with E-state index in [1.807, 2.05) is 12.1 Å². The van der Waals surface area contributed by atoms with Crippen molar-refractivity contribution >= 4 is 15.9 Å². The molecule has 0 bridgehead atoms. The smallest absolute Gasteiger partial charge is 0.169 e. The summed E-state index contributed by atoms with van der Waals surface area (Å²) < 4.78 is 6.15. The Balaban J connectivity index is 1.71. The third kappa shape index (κ3) is 2.35. The van der Waals surface area contributed by atoms with Crippen molar-refractivity contribution in [1.29, 1.82) is 0 Å². The van der Waals surface area contributed by atoms with E-state index in [1.165, 1.54) is 12.8 Å². The molecule has 0 unspecified atom stereocenters. The van der Waals surface area contributed by atoms with Crippen LogP contribution in [0.3, 0.4) is 0 Å². The van der Waals surface area contributed by atoms with Gasteiger partial charge >= 0.3 is 0 Å². The van der Waals surface area contributed by atoms with E-state index >= 15 is 0 Å². The summed E-state index contributed by atoms with van der Waals surface area (Å²) in [7, 11) is 0. The summed E-state index contributed by atoms with van der Waals surface area (Å²) in [5.74, 6) is 1.94. The molecule has 1 saturated carbocycles. The molecule has 0 radical (unpaired) electrons. The zero-order chi connectivity index (χ0) is 8.39. The lowest BCUT2D eigenvalue weighted by Gasteiger charge is -1.98. The van der Waals surface area contributed by atoms with Crippen LogP contribution in [0.25, 0.3) is 0 Å². The summed E-state index contributed by atoms with van der Waals surface area (Å²) in [6, 6.07) is 3.91. The van der Waals surface area contributed by atoms with Gasteiger partial charge < -0.3 is 9.73 Å². The van der Waals surface area contributed by atoms with Gasteiger partial charge in [0.2, 0.25) is 0 Å². The molecule has 2 nitrogen and oxygen atoms in total. The van der Waals surface area contributed by atoms with Gasteiger partial charge in [-0.05, 0) is 53.4 Å². The SMILES string of the molecule is Brc1ccc(CNCC2CC2)o1. The molecular formula is C9H12BrNO. The van der Waals surface area contributed by atoms with Gasteiger partial charge in [0.1, 0.15) is 5.76 Å². The molecule has 0 aliphatic heterocycles. The zero-order valence-electron chi connectivity index (χ0n) is 6.85. The third-order valence-corrected chi connectivity index (χ3v) is 2.48. The van der Waals surface area contributed by atoms with Gasteiger partial charge in [0.05, 0.1) is 6.54 Å². The zero-order valence-corrected chi connectivity index (χ0v) is 8.43. The van der Waals surface area contributed by atoms with Gasteiger partial charge in [-0.2, -0.15) is 0 Å². The van der Waals surface area contributed by atoms with Gasteiger partial charge in [0.25, 0.3) is 0 Å². The highest BCUT2D eigenvalue weighted by atomic mass is 79.9. The van der Waals surface area contributed by atoms with Crippen LogP contribution in [0, 0.1) is 5.92 Å². The van der Waals surface area contributed by atoms with Crippen LogP contribution >= 0.6 is 15.9 Å². The van der Waals surface area contributed by atoms with Crippen molar-refractivity contribution in [2.45, 2.75) is 19.4 Å². The van der Waals surface area contributed by atoms with E-state index in [2.05, 4.69) is 21.2 Å². The van der Waals surface area contributed by atoms with E-state index in [0.717, 1.165) is 29.4 Å². The Morgan fingerprint density at radius 2 is 2.33 bits per heavy atom. The van der Waals surface area contributed by atoms with Gasteiger partial charge in [-0.25, -0.2) is 0 Å². The van der Waals surface area contributed by atoms with E-state index in [4.69, 9.17) is 4.42 Å². The Morgan fingerprint density at radius 1 is 1.50 bits per heavy atom. The van der Waals surface area contributed by atoms with Gasteiger partial charge in [-0.1, -0.05) is 0 Å². The first kappa shape index (κ1) is 8.32. The van der Waals surface area contributed by atoms with Crippen LogP contribution in [0.4, 0.5) is 0 Å². The molecule has 1 aliphatic rings. The van der Waals surface area contributed by atoms with Crippen molar-refractivity contribution in [3.63, 3.8) is 0 Å². The van der Waals surface area contributed by atoms with Crippen molar-refractivity contribution in [3.8, 4) is 0 Å². The molecule has 1 heterocycles. The standard InChI is InChI=1S/C9H12BrNO/c10-9-4-3-8(12-9)6-11-5-7-1-2-7/h3-4,7,11H,1-2,5-6H2. The molecule has 0 atom stereocenters. The lowest BCUT2D eigenvalue weighted by Crippen LogP contribution is -2.15. The lowest BCUT2D eigenvalue weighted by atomic mass is 10.4. The predicted molar refractivity (Wildman–Crippen MR) is 50.8 cm³/mol. The van der Waals surface area contributed by atoms with Crippen LogP contribution < -0.4 is 5.32 Å². The van der Waals surface area contributed by atoms with Gasteiger partial charge in [0.15, 0.2) is 4.67 Å². The minimum absolute atomic E-state index is 0.811. The van der Waals surface area contributed by atoms with Gasteiger partial charge in [0, 0.05) is 0 Å². The van der Waals surface area contributed by atoms with E-state index in [-0.39, 0.29) is 0 Å². The molecule has 12 heavy (non-hydrogen) atoms. The molecule has 0 spiro atoms. The number of nitrogens with one attached hydrogen (secondary N) is 1. The first-order valence-electron chi connectivity index (χ1n) is 4.29. The molecule has 1 N–H and O–H groups in total. The normalized spacial score (nSPS) is 16.8. The third-order valence-electron chi connectivity index (χ3n) is 2.06. The quantitative estimate of drug-likeness (QED) is 0.859. The molecule has 3 heteroatoms. The Morgan fingerprint density at radius 3 is 2.92 bits per heavy atom. The van der Waals surface area contributed by atoms with Crippen molar-refractivity contribution in [2.24, 2.45) is 5.92 Å². The maximum Gasteiger partial charge on any atom is 0.169 e. The molecule has 1 aromatic rings. The summed E-state index contributed by atoms with van der Waals surface area (Å²) in [6.45, 7) is 1.99. The van der Waals surface area contributed by atoms with E-state index in [0.29, 0.717) is 0 Å². The predicted octanol–water partition coefficient (Wildman–Crippen LogP) is 2.54. The summed E-state index contributed by atoms with van der Waals surface area (Å²) in [5, 5.41) is 3.36. The molecule has 66 valence electrons. The minimum atomic E-state index is 0.811. The number of halogens is 1. The van der Waals surface area contributed by atoms with Crippen LogP contribution in [0.1, 0.15) is 18.6 Å². The fourth-order valence-electron chi connectivity index (χ4n) is 1.17. The second-order valence-electron chi connectivity index (χ2n) is 3.28. The van der Waals surface area contributed by atoms with Gasteiger partial charge in [-0.3, -0.25) is 0 Å². The van der Waals surface area contributed by atoms with Crippen molar-refractivity contribution in [1.82, 2.24) is 5.32 Å². The Bertz CT molecular complexity index is 255. The molecule has 1 aromatic heterocycles. The summed E-state index contributed by atoms with van der Waals surface area (Å²) in [6.07, 6.45) is 2.80. The molecule has 0 aromatic carbocycles. The Kier molecular flexibility index (Phi) is 2.51. The lowest BCUT2D eigenvalue weighted by molar-refractivity contribution is 0.462. The highest BCUT2D eigenvalue weighted by Gasteiger charge is 2.20. The van der Waals surface area contributed by atoms with Crippen LogP contribution in [0.2, 0.25) is 0 Å². The van der Waals surface area contributed by atoms with Crippen molar-refractivity contribution in [3.05, 3.63) is 22.6 Å². The minimum Gasteiger partial charge on any atom is -0.453 e. The Hall–Kier alpha value is -0.280. The first-order chi connectivity index (χ1) is 5.84. The molecule has 2 rings (SSSR count). The number of hydrogen-bond acceptors (Lipinski definition) is 2. The fourth-order valence-corrected chi connectivity index (χ4v) is 1.51. The van der Waals surface area contributed by atoms with E-state index < -0.39 is 0 Å². The highest BCUT2D eigenvalue weighted by molar-refractivity contribution is 9.10. The number of hydrogen-bond donors (Lipinski definition) is 1. The van der Waals surface area contributed by atoms with Gasteiger partial charge in [-0.15, -0.1) is 0 Å².